The second-order valence-electron chi connectivity index (χ2n) is 2.61. The first-order chi connectivity index (χ1) is 7.74. The van der Waals surface area contributed by atoms with Gasteiger partial charge in [0, 0.05) is 10.9 Å². The van der Waals surface area contributed by atoms with Crippen LogP contribution in [0.15, 0.2) is 18.2 Å². The highest BCUT2D eigenvalue weighted by atomic mass is 79.9. The van der Waals surface area contributed by atoms with E-state index in [1.54, 1.807) is 19.2 Å². The van der Waals surface area contributed by atoms with E-state index in [1.807, 2.05) is 19.9 Å². The summed E-state index contributed by atoms with van der Waals surface area (Å²) in [5.74, 6) is 0.336. The fraction of sp³-hybridized carbons (Fsp3) is 0.417. The van der Waals surface area contributed by atoms with E-state index in [4.69, 9.17) is 4.74 Å². The van der Waals surface area contributed by atoms with Crippen molar-refractivity contribution in [1.82, 2.24) is 0 Å². The lowest BCUT2D eigenvalue weighted by Gasteiger charge is -2.09. The third-order valence-corrected chi connectivity index (χ3v) is 2.45. The summed E-state index contributed by atoms with van der Waals surface area (Å²) in [6, 6.07) is 5.28. The number of ether oxygens (including phenoxy) is 2. The summed E-state index contributed by atoms with van der Waals surface area (Å²) in [7, 11) is 2.93. The van der Waals surface area contributed by atoms with E-state index >= 15 is 0 Å². The van der Waals surface area contributed by atoms with Crippen LogP contribution in [0.4, 0.5) is 0 Å². The van der Waals surface area contributed by atoms with E-state index in [0.717, 1.165) is 5.56 Å². The normalized spacial score (nSPS) is 8.81. The number of hydrogen-bond acceptors (Lipinski definition) is 3. The Morgan fingerprint density at radius 2 is 1.94 bits per heavy atom. The number of methoxy groups -OCH3 is 2. The Morgan fingerprint density at radius 1 is 1.31 bits per heavy atom. The third kappa shape index (κ3) is 3.52. The fourth-order valence-electron chi connectivity index (χ4n) is 1.20. The molecule has 0 aliphatic rings. The van der Waals surface area contributed by atoms with Gasteiger partial charge in [-0.25, -0.2) is 4.79 Å². The molecule has 1 rings (SSSR count). The van der Waals surface area contributed by atoms with Gasteiger partial charge in [0.2, 0.25) is 0 Å². The molecular weight excluding hydrogens is 272 g/mol. The van der Waals surface area contributed by atoms with Crippen LogP contribution >= 0.6 is 15.9 Å². The minimum Gasteiger partial charge on any atom is -0.496 e. The quantitative estimate of drug-likeness (QED) is 0.632. The van der Waals surface area contributed by atoms with Crippen LogP contribution in [0.3, 0.4) is 0 Å². The monoisotopic (exact) mass is 288 g/mol. The van der Waals surface area contributed by atoms with Crippen molar-refractivity contribution in [3.05, 3.63) is 29.3 Å². The van der Waals surface area contributed by atoms with E-state index < -0.39 is 0 Å². The molecule has 0 spiro atoms. The summed E-state index contributed by atoms with van der Waals surface area (Å²) >= 11 is 3.31. The van der Waals surface area contributed by atoms with Gasteiger partial charge in [0.05, 0.1) is 19.8 Å². The van der Waals surface area contributed by atoms with E-state index in [-0.39, 0.29) is 5.97 Å². The minimum atomic E-state index is -0.349. The highest BCUT2D eigenvalue weighted by molar-refractivity contribution is 9.08. The van der Waals surface area contributed by atoms with Crippen molar-refractivity contribution in [2.75, 3.05) is 14.2 Å². The molecule has 0 fully saturated rings. The van der Waals surface area contributed by atoms with Crippen molar-refractivity contribution < 1.29 is 14.3 Å². The molecule has 0 amide bonds. The number of rotatable bonds is 3. The molecule has 0 aromatic heterocycles. The molecule has 1 aromatic rings. The Hall–Kier alpha value is -1.03. The SMILES string of the molecule is CC.COC(=O)c1cccc(OC)c1CBr. The van der Waals surface area contributed by atoms with Crippen LogP contribution in [0.2, 0.25) is 0 Å². The molecule has 16 heavy (non-hydrogen) atoms. The predicted molar refractivity (Wildman–Crippen MR) is 68.3 cm³/mol. The number of benzene rings is 1. The number of carbonyl (C=O) groups excluding carboxylic acids is 1. The average molecular weight is 289 g/mol. The topological polar surface area (TPSA) is 35.5 Å². The highest BCUT2D eigenvalue weighted by Gasteiger charge is 2.14. The molecule has 0 bridgehead atoms. The highest BCUT2D eigenvalue weighted by Crippen LogP contribution is 2.25. The predicted octanol–water partition coefficient (Wildman–Crippen LogP) is 3.40. The zero-order chi connectivity index (χ0) is 12.6. The number of esters is 1. The summed E-state index contributed by atoms with van der Waals surface area (Å²) in [4.78, 5) is 11.4. The van der Waals surface area contributed by atoms with Crippen LogP contribution in [0.1, 0.15) is 29.8 Å². The van der Waals surface area contributed by atoms with E-state index in [0.29, 0.717) is 16.6 Å². The number of alkyl halides is 1. The molecular formula is C12H17BrO3. The number of halogens is 1. The summed E-state index contributed by atoms with van der Waals surface area (Å²) in [5.41, 5.74) is 1.34. The lowest BCUT2D eigenvalue weighted by molar-refractivity contribution is 0.0599. The molecule has 0 radical (unpaired) electrons. The van der Waals surface area contributed by atoms with Gasteiger partial charge in [-0.1, -0.05) is 35.8 Å². The van der Waals surface area contributed by atoms with Gasteiger partial charge in [-0.2, -0.15) is 0 Å². The van der Waals surface area contributed by atoms with Gasteiger partial charge in [-0.05, 0) is 12.1 Å². The van der Waals surface area contributed by atoms with Crippen LogP contribution in [-0.2, 0) is 10.1 Å². The second-order valence-corrected chi connectivity index (χ2v) is 3.17. The Bertz CT molecular complexity index is 337. The molecule has 0 N–H and O–H groups in total. The van der Waals surface area contributed by atoms with Crippen molar-refractivity contribution in [2.24, 2.45) is 0 Å². The maximum Gasteiger partial charge on any atom is 0.338 e. The van der Waals surface area contributed by atoms with Crippen LogP contribution in [0.5, 0.6) is 5.75 Å². The van der Waals surface area contributed by atoms with Gasteiger partial charge in [-0.3, -0.25) is 0 Å². The lowest BCUT2D eigenvalue weighted by Crippen LogP contribution is -2.05. The van der Waals surface area contributed by atoms with E-state index in [1.165, 1.54) is 7.11 Å². The summed E-state index contributed by atoms with van der Waals surface area (Å²) < 4.78 is 9.80. The van der Waals surface area contributed by atoms with Crippen molar-refractivity contribution in [3.8, 4) is 5.75 Å². The van der Waals surface area contributed by atoms with Gasteiger partial charge in [0.25, 0.3) is 0 Å². The molecule has 0 atom stereocenters. The van der Waals surface area contributed by atoms with Crippen LogP contribution in [0.25, 0.3) is 0 Å². The van der Waals surface area contributed by atoms with E-state index in [2.05, 4.69) is 20.7 Å². The molecule has 0 unspecified atom stereocenters. The summed E-state index contributed by atoms with van der Waals surface area (Å²) in [5, 5.41) is 0.557. The maximum atomic E-state index is 11.4. The van der Waals surface area contributed by atoms with Gasteiger partial charge < -0.3 is 9.47 Å². The van der Waals surface area contributed by atoms with Crippen molar-refractivity contribution in [1.29, 1.82) is 0 Å². The number of hydrogen-bond donors (Lipinski definition) is 0. The molecule has 4 heteroatoms. The van der Waals surface area contributed by atoms with Gasteiger partial charge in [0.15, 0.2) is 0 Å². The zero-order valence-corrected chi connectivity index (χ0v) is 11.6. The zero-order valence-electron chi connectivity index (χ0n) is 10.0. The first-order valence-electron chi connectivity index (χ1n) is 5.04. The maximum absolute atomic E-state index is 11.4. The largest absolute Gasteiger partial charge is 0.496 e. The smallest absolute Gasteiger partial charge is 0.338 e. The average Bonchev–Trinajstić information content (AvgIpc) is 2.38. The third-order valence-electron chi connectivity index (χ3n) is 1.89. The fourth-order valence-corrected chi connectivity index (χ4v) is 1.77. The van der Waals surface area contributed by atoms with Gasteiger partial charge in [0.1, 0.15) is 5.75 Å². The number of carbonyl (C=O) groups is 1. The molecule has 0 saturated heterocycles. The molecule has 0 aliphatic heterocycles. The van der Waals surface area contributed by atoms with E-state index in [9.17, 15) is 4.79 Å². The van der Waals surface area contributed by atoms with Crippen molar-refractivity contribution in [3.63, 3.8) is 0 Å². The Morgan fingerprint density at radius 3 is 2.38 bits per heavy atom. The van der Waals surface area contributed by atoms with Crippen LogP contribution in [0, 0.1) is 0 Å². The summed E-state index contributed by atoms with van der Waals surface area (Å²) in [6.45, 7) is 4.00. The Labute approximate surface area is 105 Å². The molecule has 0 heterocycles. The van der Waals surface area contributed by atoms with Crippen molar-refractivity contribution in [2.45, 2.75) is 19.2 Å². The first-order valence-corrected chi connectivity index (χ1v) is 6.17. The Kier molecular flexibility index (Phi) is 7.64. The minimum absolute atomic E-state index is 0.349. The molecule has 90 valence electrons. The molecule has 0 saturated carbocycles. The molecule has 3 nitrogen and oxygen atoms in total. The van der Waals surface area contributed by atoms with Crippen LogP contribution in [-0.4, -0.2) is 20.2 Å². The van der Waals surface area contributed by atoms with Gasteiger partial charge >= 0.3 is 5.97 Å². The van der Waals surface area contributed by atoms with Crippen LogP contribution < -0.4 is 4.74 Å². The summed E-state index contributed by atoms with van der Waals surface area (Å²) in [6.07, 6.45) is 0. The lowest BCUT2D eigenvalue weighted by atomic mass is 10.1. The van der Waals surface area contributed by atoms with Gasteiger partial charge in [-0.15, -0.1) is 0 Å². The first kappa shape index (κ1) is 15.0. The Balaban J connectivity index is 0.00000106. The molecule has 0 aliphatic carbocycles. The molecule has 1 aromatic carbocycles. The van der Waals surface area contributed by atoms with Crippen molar-refractivity contribution >= 4 is 21.9 Å². The standard InChI is InChI=1S/C10H11BrO3.C2H6/c1-13-9-5-3-4-7(8(9)6-11)10(12)14-2;1-2/h3-5H,6H2,1-2H3;1-2H3. The second kappa shape index (κ2) is 8.16.